The lowest BCUT2D eigenvalue weighted by molar-refractivity contribution is -0.174. The molecule has 0 bridgehead atoms. The van der Waals surface area contributed by atoms with E-state index in [1.54, 1.807) is 0 Å². The Kier molecular flexibility index (Phi) is 3.16. The van der Waals surface area contributed by atoms with Crippen molar-refractivity contribution in [3.05, 3.63) is 23.8 Å². The fourth-order valence-electron chi connectivity index (χ4n) is 1.28. The lowest BCUT2D eigenvalue weighted by atomic mass is 9.90. The number of ketones is 1. The number of carbonyl (C=O) groups is 1. The van der Waals surface area contributed by atoms with Crippen LogP contribution in [0.4, 0.5) is 26.3 Å². The number of carbonyl (C=O) groups excluding carboxylic acids is 1. The van der Waals surface area contributed by atoms with Crippen LogP contribution in [0, 0.1) is 5.92 Å². The van der Waals surface area contributed by atoms with Crippen LogP contribution in [0.5, 0.6) is 0 Å². The normalized spacial score (nSPS) is 21.9. The first-order valence-electron chi connectivity index (χ1n) is 4.18. The van der Waals surface area contributed by atoms with Gasteiger partial charge in [0.25, 0.3) is 0 Å². The quantitative estimate of drug-likeness (QED) is 0.647. The summed E-state index contributed by atoms with van der Waals surface area (Å²) in [5.41, 5.74) is -1.13. The van der Waals surface area contributed by atoms with E-state index in [4.69, 9.17) is 0 Å². The molecule has 0 aromatic rings. The highest BCUT2D eigenvalue weighted by Crippen LogP contribution is 2.35. The van der Waals surface area contributed by atoms with Crippen molar-refractivity contribution in [1.29, 1.82) is 0 Å². The van der Waals surface area contributed by atoms with Crippen LogP contribution in [-0.4, -0.2) is 18.1 Å². The minimum atomic E-state index is -5.11. The van der Waals surface area contributed by atoms with Gasteiger partial charge in [0.1, 0.15) is 0 Å². The molecule has 0 saturated heterocycles. The Hall–Kier alpha value is -1.27. The van der Waals surface area contributed by atoms with Gasteiger partial charge in [0.05, 0.1) is 0 Å². The first kappa shape index (κ1) is 12.8. The fourth-order valence-corrected chi connectivity index (χ4v) is 1.28. The van der Waals surface area contributed by atoms with Crippen LogP contribution in [-0.2, 0) is 4.79 Å². The monoisotopic (exact) mass is 244 g/mol. The summed E-state index contributed by atoms with van der Waals surface area (Å²) < 4.78 is 72.5. The molecule has 0 saturated carbocycles. The molecule has 0 fully saturated rings. The maximum atomic E-state index is 12.2. The largest absolute Gasteiger partial charge is 0.450 e. The van der Waals surface area contributed by atoms with E-state index in [9.17, 15) is 31.1 Å². The van der Waals surface area contributed by atoms with E-state index in [-0.39, 0.29) is 0 Å². The molecule has 1 aliphatic rings. The van der Waals surface area contributed by atoms with Crippen molar-refractivity contribution < 1.29 is 31.1 Å². The first-order chi connectivity index (χ1) is 7.12. The van der Waals surface area contributed by atoms with E-state index in [1.165, 1.54) is 0 Å². The maximum Gasteiger partial charge on any atom is 0.450 e. The number of rotatable bonds is 1. The molecule has 90 valence electrons. The summed E-state index contributed by atoms with van der Waals surface area (Å²) in [5.74, 6) is -3.93. The molecule has 7 heteroatoms. The van der Waals surface area contributed by atoms with Crippen LogP contribution in [0.3, 0.4) is 0 Å². The second kappa shape index (κ2) is 3.95. The van der Waals surface area contributed by atoms with E-state index in [1.807, 2.05) is 0 Å². The molecule has 0 aromatic carbocycles. The molecule has 0 aliphatic heterocycles. The molecule has 0 spiro atoms. The van der Waals surface area contributed by atoms with Crippen LogP contribution in [0.15, 0.2) is 23.8 Å². The molecule has 0 aromatic heterocycles. The molecule has 1 unspecified atom stereocenters. The first-order valence-corrected chi connectivity index (χ1v) is 4.18. The lowest BCUT2D eigenvalue weighted by Crippen LogP contribution is -2.31. The molecular weight excluding hydrogens is 238 g/mol. The second-order valence-corrected chi connectivity index (χ2v) is 3.25. The van der Waals surface area contributed by atoms with Crippen molar-refractivity contribution >= 4 is 5.78 Å². The van der Waals surface area contributed by atoms with E-state index in [0.29, 0.717) is 6.08 Å². The predicted octanol–water partition coefficient (Wildman–Crippen LogP) is 3.18. The third-order valence-electron chi connectivity index (χ3n) is 2.06. The molecule has 0 radical (unpaired) electrons. The molecule has 16 heavy (non-hydrogen) atoms. The molecule has 0 N–H and O–H groups in total. The van der Waals surface area contributed by atoms with E-state index >= 15 is 0 Å². The van der Waals surface area contributed by atoms with Crippen molar-refractivity contribution in [3.8, 4) is 0 Å². The standard InChI is InChI=1S/C9H6F6O/c10-8(11,12)6-3-1-2-5(4-6)7(16)9(13,14)15/h1-3,5H,4H2. The number of allylic oxidation sites excluding steroid dienone is 4. The van der Waals surface area contributed by atoms with E-state index in [2.05, 4.69) is 0 Å². The molecule has 1 rings (SSSR count). The highest BCUT2D eigenvalue weighted by molar-refractivity contribution is 5.88. The minimum Gasteiger partial charge on any atom is -0.289 e. The van der Waals surface area contributed by atoms with Crippen molar-refractivity contribution in [3.63, 3.8) is 0 Å². The number of Topliss-reactive ketones (excluding diaryl/α,β-unsaturated/α-hetero) is 1. The molecule has 0 amide bonds. The zero-order chi connectivity index (χ0) is 12.6. The van der Waals surface area contributed by atoms with Gasteiger partial charge in [-0.15, -0.1) is 0 Å². The average molecular weight is 244 g/mol. The average Bonchev–Trinajstić information content (AvgIpc) is 2.14. The van der Waals surface area contributed by atoms with Gasteiger partial charge in [-0.3, -0.25) is 4.79 Å². The Morgan fingerprint density at radius 2 is 1.75 bits per heavy atom. The SMILES string of the molecule is O=C(C1C=CC=C(C(F)(F)F)C1)C(F)(F)F. The summed E-state index contributed by atoms with van der Waals surface area (Å²) in [4.78, 5) is 10.7. The Morgan fingerprint density at radius 3 is 2.19 bits per heavy atom. The Balaban J connectivity index is 2.82. The number of hydrogen-bond donors (Lipinski definition) is 0. The third-order valence-corrected chi connectivity index (χ3v) is 2.06. The van der Waals surface area contributed by atoms with Gasteiger partial charge in [-0.1, -0.05) is 18.2 Å². The van der Waals surface area contributed by atoms with Crippen molar-refractivity contribution in [2.75, 3.05) is 0 Å². The van der Waals surface area contributed by atoms with Gasteiger partial charge in [0, 0.05) is 11.5 Å². The van der Waals surface area contributed by atoms with E-state index < -0.39 is 36.0 Å². The van der Waals surface area contributed by atoms with Gasteiger partial charge in [0.15, 0.2) is 0 Å². The fraction of sp³-hybridized carbons (Fsp3) is 0.444. The highest BCUT2D eigenvalue weighted by Gasteiger charge is 2.45. The lowest BCUT2D eigenvalue weighted by Gasteiger charge is -2.20. The van der Waals surface area contributed by atoms with Crippen molar-refractivity contribution in [2.24, 2.45) is 5.92 Å². The van der Waals surface area contributed by atoms with Crippen molar-refractivity contribution in [2.45, 2.75) is 18.8 Å². The predicted molar refractivity (Wildman–Crippen MR) is 42.4 cm³/mol. The van der Waals surface area contributed by atoms with Crippen LogP contribution < -0.4 is 0 Å². The molecule has 1 atom stereocenters. The summed E-state index contributed by atoms with van der Waals surface area (Å²) in [6.45, 7) is 0. The molecule has 1 aliphatic carbocycles. The van der Waals surface area contributed by atoms with Crippen LogP contribution in [0.1, 0.15) is 6.42 Å². The van der Waals surface area contributed by atoms with Crippen LogP contribution in [0.25, 0.3) is 0 Å². The molecular formula is C9H6F6O. The topological polar surface area (TPSA) is 17.1 Å². The summed E-state index contributed by atoms with van der Waals surface area (Å²) in [6.07, 6.45) is -8.46. The van der Waals surface area contributed by atoms with Gasteiger partial charge >= 0.3 is 12.4 Å². The minimum absolute atomic E-state index is 0.667. The van der Waals surface area contributed by atoms with Gasteiger partial charge in [-0.2, -0.15) is 26.3 Å². The highest BCUT2D eigenvalue weighted by atomic mass is 19.4. The smallest absolute Gasteiger partial charge is 0.289 e. The molecule has 0 heterocycles. The number of hydrogen-bond acceptors (Lipinski definition) is 1. The number of alkyl halides is 6. The zero-order valence-electron chi connectivity index (χ0n) is 7.69. The Morgan fingerprint density at radius 1 is 1.19 bits per heavy atom. The second-order valence-electron chi connectivity index (χ2n) is 3.25. The Labute approximate surface area is 86.4 Å². The number of halogens is 6. The van der Waals surface area contributed by atoms with Gasteiger partial charge in [-0.25, -0.2) is 0 Å². The van der Waals surface area contributed by atoms with Gasteiger partial charge in [0.2, 0.25) is 5.78 Å². The summed E-state index contributed by atoms with van der Waals surface area (Å²) in [6, 6.07) is 0. The van der Waals surface area contributed by atoms with Crippen LogP contribution in [0.2, 0.25) is 0 Å². The summed E-state index contributed by atoms with van der Waals surface area (Å²) in [7, 11) is 0. The zero-order valence-corrected chi connectivity index (χ0v) is 7.69. The molecule has 1 nitrogen and oxygen atoms in total. The van der Waals surface area contributed by atoms with E-state index in [0.717, 1.165) is 12.2 Å². The summed E-state index contributed by atoms with van der Waals surface area (Å²) in [5, 5.41) is 0. The van der Waals surface area contributed by atoms with Crippen LogP contribution >= 0.6 is 0 Å². The van der Waals surface area contributed by atoms with Crippen molar-refractivity contribution in [1.82, 2.24) is 0 Å². The maximum absolute atomic E-state index is 12.2. The van der Waals surface area contributed by atoms with Gasteiger partial charge in [-0.05, 0) is 6.42 Å². The van der Waals surface area contributed by atoms with Gasteiger partial charge < -0.3 is 0 Å². The Bertz CT molecular complexity index is 346. The summed E-state index contributed by atoms with van der Waals surface area (Å²) >= 11 is 0. The third kappa shape index (κ3) is 2.86.